The second kappa shape index (κ2) is 6.48. The molecule has 0 amide bonds. The second-order valence-electron chi connectivity index (χ2n) is 5.78. The van der Waals surface area contributed by atoms with E-state index in [1.165, 1.54) is 18.1 Å². The summed E-state index contributed by atoms with van der Waals surface area (Å²) in [6.07, 6.45) is 5.64. The van der Waals surface area contributed by atoms with E-state index < -0.39 is 0 Å². The maximum Gasteiger partial charge on any atom is 0.302 e. The number of esters is 1. The lowest BCUT2D eigenvalue weighted by Crippen LogP contribution is -2.27. The molecule has 4 heteroatoms. The number of carbonyl (C=O) groups excluding carboxylic acids is 1. The van der Waals surface area contributed by atoms with Gasteiger partial charge in [0.2, 0.25) is 0 Å². The molecule has 1 heterocycles. The molecule has 2 unspecified atom stereocenters. The van der Waals surface area contributed by atoms with E-state index >= 15 is 0 Å². The van der Waals surface area contributed by atoms with Crippen LogP contribution in [0.3, 0.4) is 0 Å². The van der Waals surface area contributed by atoms with E-state index in [0.29, 0.717) is 0 Å². The fraction of sp³-hybridized carbons (Fsp3) is 0.588. The summed E-state index contributed by atoms with van der Waals surface area (Å²) in [5, 5.41) is 0. The molecule has 1 aromatic rings. The average molecular weight is 290 g/mol. The lowest BCUT2D eigenvalue weighted by Gasteiger charge is -2.28. The Morgan fingerprint density at radius 1 is 1.29 bits per heavy atom. The first-order valence-corrected chi connectivity index (χ1v) is 7.78. The van der Waals surface area contributed by atoms with E-state index in [0.717, 1.165) is 50.9 Å². The van der Waals surface area contributed by atoms with Crippen molar-refractivity contribution in [3.63, 3.8) is 0 Å². The van der Waals surface area contributed by atoms with Crippen LogP contribution in [0.2, 0.25) is 0 Å². The minimum Gasteiger partial charge on any atom is -0.465 e. The molecular formula is C17H22O4. The fourth-order valence-corrected chi connectivity index (χ4v) is 3.13. The molecule has 0 aromatic heterocycles. The van der Waals surface area contributed by atoms with Crippen molar-refractivity contribution in [3.05, 3.63) is 29.3 Å². The minimum absolute atomic E-state index is 0.00354. The van der Waals surface area contributed by atoms with Crippen molar-refractivity contribution >= 4 is 5.97 Å². The highest BCUT2D eigenvalue weighted by Crippen LogP contribution is 2.32. The number of carbonyl (C=O) groups is 1. The van der Waals surface area contributed by atoms with E-state index in [2.05, 4.69) is 6.07 Å². The van der Waals surface area contributed by atoms with Gasteiger partial charge < -0.3 is 14.2 Å². The van der Waals surface area contributed by atoms with Gasteiger partial charge in [-0.05, 0) is 42.9 Å². The predicted molar refractivity (Wildman–Crippen MR) is 78.2 cm³/mol. The van der Waals surface area contributed by atoms with Gasteiger partial charge in [-0.25, -0.2) is 0 Å². The summed E-state index contributed by atoms with van der Waals surface area (Å²) >= 11 is 0. The average Bonchev–Trinajstić information content (AvgIpc) is 2.48. The van der Waals surface area contributed by atoms with Crippen LogP contribution in [0.5, 0.6) is 5.75 Å². The van der Waals surface area contributed by atoms with Crippen LogP contribution in [0.25, 0.3) is 0 Å². The first kappa shape index (κ1) is 14.4. The van der Waals surface area contributed by atoms with Crippen LogP contribution in [0.1, 0.15) is 43.7 Å². The summed E-state index contributed by atoms with van der Waals surface area (Å²) in [5.74, 6) is 0.729. The first-order valence-electron chi connectivity index (χ1n) is 7.78. The van der Waals surface area contributed by atoms with Crippen LogP contribution in [-0.2, 0) is 27.1 Å². The van der Waals surface area contributed by atoms with Crippen molar-refractivity contribution in [2.45, 2.75) is 57.8 Å². The SMILES string of the molecule is CC(=O)OC1CCc2c(cccc2OC2CCCCO2)C1. The summed E-state index contributed by atoms with van der Waals surface area (Å²) in [7, 11) is 0. The van der Waals surface area contributed by atoms with Gasteiger partial charge in [0, 0.05) is 19.8 Å². The van der Waals surface area contributed by atoms with Crippen molar-refractivity contribution in [1.82, 2.24) is 0 Å². The largest absolute Gasteiger partial charge is 0.465 e. The highest BCUT2D eigenvalue weighted by molar-refractivity contribution is 5.66. The molecule has 1 aromatic carbocycles. The normalized spacial score (nSPS) is 25.0. The number of ether oxygens (including phenoxy) is 3. The topological polar surface area (TPSA) is 44.8 Å². The van der Waals surface area contributed by atoms with Gasteiger partial charge in [0.05, 0.1) is 6.61 Å². The van der Waals surface area contributed by atoms with Gasteiger partial charge in [0.15, 0.2) is 6.29 Å². The fourth-order valence-electron chi connectivity index (χ4n) is 3.13. The Hall–Kier alpha value is -1.55. The van der Waals surface area contributed by atoms with Crippen molar-refractivity contribution < 1.29 is 19.0 Å². The van der Waals surface area contributed by atoms with E-state index in [4.69, 9.17) is 14.2 Å². The number of benzene rings is 1. The van der Waals surface area contributed by atoms with Crippen LogP contribution >= 0.6 is 0 Å². The van der Waals surface area contributed by atoms with E-state index in [9.17, 15) is 4.79 Å². The zero-order chi connectivity index (χ0) is 14.7. The van der Waals surface area contributed by atoms with E-state index in [1.54, 1.807) is 0 Å². The molecular weight excluding hydrogens is 268 g/mol. The van der Waals surface area contributed by atoms with Gasteiger partial charge in [-0.3, -0.25) is 4.79 Å². The van der Waals surface area contributed by atoms with E-state index in [-0.39, 0.29) is 18.4 Å². The standard InChI is InChI=1S/C17H22O4/c1-12(18)20-14-8-9-15-13(11-14)5-4-6-16(15)21-17-7-2-3-10-19-17/h4-6,14,17H,2-3,7-11H2,1H3. The van der Waals surface area contributed by atoms with Crippen molar-refractivity contribution in [2.24, 2.45) is 0 Å². The third kappa shape index (κ3) is 3.56. The molecule has 3 rings (SSSR count). The van der Waals surface area contributed by atoms with Gasteiger partial charge in [-0.15, -0.1) is 0 Å². The van der Waals surface area contributed by atoms with Crippen LogP contribution in [0.4, 0.5) is 0 Å². The monoisotopic (exact) mass is 290 g/mol. The molecule has 1 aliphatic carbocycles. The quantitative estimate of drug-likeness (QED) is 0.803. The predicted octanol–water partition coefficient (Wildman–Crippen LogP) is 3.01. The Morgan fingerprint density at radius 3 is 2.95 bits per heavy atom. The molecule has 1 saturated heterocycles. The molecule has 0 spiro atoms. The Labute approximate surface area is 125 Å². The van der Waals surface area contributed by atoms with Gasteiger partial charge in [0.1, 0.15) is 11.9 Å². The molecule has 1 aliphatic heterocycles. The van der Waals surface area contributed by atoms with Gasteiger partial charge in [0.25, 0.3) is 0 Å². The van der Waals surface area contributed by atoms with Crippen LogP contribution in [-0.4, -0.2) is 25.0 Å². The molecule has 0 N–H and O–H groups in total. The molecule has 0 saturated carbocycles. The molecule has 0 radical (unpaired) electrons. The summed E-state index contributed by atoms with van der Waals surface area (Å²) in [4.78, 5) is 11.1. The second-order valence-corrected chi connectivity index (χ2v) is 5.78. The number of hydrogen-bond acceptors (Lipinski definition) is 4. The summed E-state index contributed by atoms with van der Waals surface area (Å²) in [5.41, 5.74) is 2.47. The third-order valence-electron chi connectivity index (χ3n) is 4.12. The molecule has 2 atom stereocenters. The van der Waals surface area contributed by atoms with Crippen molar-refractivity contribution in [2.75, 3.05) is 6.61 Å². The molecule has 4 nitrogen and oxygen atoms in total. The summed E-state index contributed by atoms with van der Waals surface area (Å²) in [6, 6.07) is 6.12. The lowest BCUT2D eigenvalue weighted by molar-refractivity contribution is -0.146. The van der Waals surface area contributed by atoms with Crippen LogP contribution in [0.15, 0.2) is 18.2 Å². The van der Waals surface area contributed by atoms with Crippen molar-refractivity contribution in [1.29, 1.82) is 0 Å². The highest BCUT2D eigenvalue weighted by atomic mass is 16.7. The zero-order valence-electron chi connectivity index (χ0n) is 12.5. The lowest BCUT2D eigenvalue weighted by atomic mass is 9.89. The van der Waals surface area contributed by atoms with E-state index in [1.807, 2.05) is 12.1 Å². The minimum atomic E-state index is -0.202. The molecule has 2 aliphatic rings. The zero-order valence-corrected chi connectivity index (χ0v) is 12.5. The Morgan fingerprint density at radius 2 is 2.19 bits per heavy atom. The Kier molecular flexibility index (Phi) is 4.44. The third-order valence-corrected chi connectivity index (χ3v) is 4.12. The summed E-state index contributed by atoms with van der Waals surface area (Å²) < 4.78 is 17.0. The summed E-state index contributed by atoms with van der Waals surface area (Å²) in [6.45, 7) is 2.25. The van der Waals surface area contributed by atoms with Gasteiger partial charge >= 0.3 is 5.97 Å². The highest BCUT2D eigenvalue weighted by Gasteiger charge is 2.24. The number of rotatable bonds is 3. The van der Waals surface area contributed by atoms with Crippen LogP contribution in [0, 0.1) is 0 Å². The molecule has 1 fully saturated rings. The first-order chi connectivity index (χ1) is 10.2. The van der Waals surface area contributed by atoms with Gasteiger partial charge in [-0.2, -0.15) is 0 Å². The molecule has 114 valence electrons. The number of fused-ring (bicyclic) bond motifs is 1. The maximum atomic E-state index is 11.1. The Bertz CT molecular complexity index is 506. The smallest absolute Gasteiger partial charge is 0.302 e. The number of hydrogen-bond donors (Lipinski definition) is 0. The Balaban J connectivity index is 1.71. The van der Waals surface area contributed by atoms with Crippen LogP contribution < -0.4 is 4.74 Å². The molecule has 21 heavy (non-hydrogen) atoms. The van der Waals surface area contributed by atoms with Crippen molar-refractivity contribution in [3.8, 4) is 5.75 Å². The van der Waals surface area contributed by atoms with Gasteiger partial charge in [-0.1, -0.05) is 12.1 Å². The molecule has 0 bridgehead atoms. The maximum absolute atomic E-state index is 11.1.